The lowest BCUT2D eigenvalue weighted by Gasteiger charge is -2.14. The van der Waals surface area contributed by atoms with Crippen molar-refractivity contribution in [3.63, 3.8) is 0 Å². The molecule has 7 nitrogen and oxygen atoms in total. The molecular formula is C24H36IN5O2. The number of nitrogens with one attached hydrogen (secondary N) is 3. The maximum absolute atomic E-state index is 12.3. The molecule has 32 heavy (non-hydrogen) atoms. The van der Waals surface area contributed by atoms with Gasteiger partial charge >= 0.3 is 0 Å². The predicted molar refractivity (Wildman–Crippen MR) is 142 cm³/mol. The second kappa shape index (κ2) is 15.6. The molecule has 0 heterocycles. The largest absolute Gasteiger partial charge is 0.388 e. The second-order valence-electron chi connectivity index (χ2n) is 7.60. The molecule has 0 radical (unpaired) electrons. The highest BCUT2D eigenvalue weighted by Gasteiger charge is 2.08. The minimum atomic E-state index is -0.515. The van der Waals surface area contributed by atoms with E-state index in [0.717, 1.165) is 24.2 Å². The number of likely N-dealkylation sites (N-methyl/N-ethyl adjacent to an activating group) is 1. The van der Waals surface area contributed by atoms with Crippen LogP contribution < -0.4 is 16.0 Å². The van der Waals surface area contributed by atoms with E-state index >= 15 is 0 Å². The summed E-state index contributed by atoms with van der Waals surface area (Å²) in [6, 6.07) is 17.2. The van der Waals surface area contributed by atoms with Crippen molar-refractivity contribution in [2.24, 2.45) is 4.99 Å². The first-order valence-corrected chi connectivity index (χ1v) is 10.8. The summed E-state index contributed by atoms with van der Waals surface area (Å²) in [5, 5.41) is 19.7. The van der Waals surface area contributed by atoms with E-state index in [-0.39, 0.29) is 29.9 Å². The van der Waals surface area contributed by atoms with E-state index in [4.69, 9.17) is 0 Å². The molecule has 0 aliphatic rings. The second-order valence-corrected chi connectivity index (χ2v) is 7.60. The Hall–Kier alpha value is -2.17. The van der Waals surface area contributed by atoms with Crippen molar-refractivity contribution in [3.8, 4) is 0 Å². The molecule has 0 saturated heterocycles. The number of rotatable bonds is 11. The van der Waals surface area contributed by atoms with Gasteiger partial charge in [0.15, 0.2) is 5.96 Å². The van der Waals surface area contributed by atoms with Crippen LogP contribution in [0.2, 0.25) is 0 Å². The number of nitrogens with zero attached hydrogens (tertiary/aromatic N) is 2. The van der Waals surface area contributed by atoms with Gasteiger partial charge in [-0.15, -0.1) is 24.0 Å². The average Bonchev–Trinajstić information content (AvgIpc) is 2.77. The molecule has 2 aromatic carbocycles. The van der Waals surface area contributed by atoms with Crippen LogP contribution in [-0.2, 0) is 6.54 Å². The minimum absolute atomic E-state index is 0. The van der Waals surface area contributed by atoms with E-state index in [0.29, 0.717) is 37.6 Å². The van der Waals surface area contributed by atoms with E-state index in [1.807, 2.05) is 80.5 Å². The van der Waals surface area contributed by atoms with Gasteiger partial charge in [-0.25, -0.2) is 4.99 Å². The summed E-state index contributed by atoms with van der Waals surface area (Å²) < 4.78 is 0. The van der Waals surface area contributed by atoms with Crippen molar-refractivity contribution < 1.29 is 9.90 Å². The monoisotopic (exact) mass is 553 g/mol. The molecule has 0 fully saturated rings. The summed E-state index contributed by atoms with van der Waals surface area (Å²) in [5.74, 6) is 0.608. The van der Waals surface area contributed by atoms with Gasteiger partial charge in [0.2, 0.25) is 0 Å². The lowest BCUT2D eigenvalue weighted by Crippen LogP contribution is -2.38. The highest BCUT2D eigenvalue weighted by molar-refractivity contribution is 14.0. The number of aliphatic hydroxyl groups is 1. The Morgan fingerprint density at radius 2 is 1.78 bits per heavy atom. The van der Waals surface area contributed by atoms with Crippen molar-refractivity contribution in [1.82, 2.24) is 20.9 Å². The molecule has 0 aliphatic carbocycles. The van der Waals surface area contributed by atoms with Gasteiger partial charge < -0.3 is 26.0 Å². The molecule has 176 valence electrons. The quantitative estimate of drug-likeness (QED) is 0.195. The fourth-order valence-electron chi connectivity index (χ4n) is 2.99. The molecule has 0 spiro atoms. The number of carbonyl (C=O) groups excluding carboxylic acids is 1. The van der Waals surface area contributed by atoms with Gasteiger partial charge in [-0.1, -0.05) is 42.5 Å². The van der Waals surface area contributed by atoms with Crippen molar-refractivity contribution >= 4 is 35.8 Å². The number of amides is 1. The Morgan fingerprint density at radius 1 is 1.03 bits per heavy atom. The standard InChI is InChI=1S/C24H35N5O2.HI/c1-4-25-24(27-14-13-22(30)20-10-6-5-7-11-20)28-18-19-9-8-12-21(17-19)23(31)26-15-16-29(2)3;/h5-12,17,22,30H,4,13-16,18H2,1-3H3,(H,26,31)(H2,25,27,28);1H. The van der Waals surface area contributed by atoms with Crippen LogP contribution in [0.5, 0.6) is 0 Å². The predicted octanol–water partition coefficient (Wildman–Crippen LogP) is 2.77. The molecule has 1 atom stereocenters. The molecular weight excluding hydrogens is 517 g/mol. The van der Waals surface area contributed by atoms with Crippen molar-refractivity contribution in [1.29, 1.82) is 0 Å². The smallest absolute Gasteiger partial charge is 0.251 e. The Balaban J connectivity index is 0.00000512. The number of halogens is 1. The third-order valence-electron chi connectivity index (χ3n) is 4.69. The molecule has 4 N–H and O–H groups in total. The van der Waals surface area contributed by atoms with Gasteiger partial charge in [0, 0.05) is 31.7 Å². The van der Waals surface area contributed by atoms with Gasteiger partial charge in [0.25, 0.3) is 5.91 Å². The fourth-order valence-corrected chi connectivity index (χ4v) is 2.99. The van der Waals surface area contributed by atoms with Crippen molar-refractivity contribution in [2.75, 3.05) is 40.3 Å². The maximum atomic E-state index is 12.3. The summed E-state index contributed by atoms with van der Waals surface area (Å²) >= 11 is 0. The molecule has 2 aromatic rings. The van der Waals surface area contributed by atoms with E-state index in [2.05, 4.69) is 20.9 Å². The normalized spacial score (nSPS) is 12.1. The molecule has 8 heteroatoms. The molecule has 0 aromatic heterocycles. The van der Waals surface area contributed by atoms with Crippen LogP contribution in [0.4, 0.5) is 0 Å². The molecule has 0 bridgehead atoms. The van der Waals surface area contributed by atoms with Crippen LogP contribution in [0, 0.1) is 0 Å². The van der Waals surface area contributed by atoms with Crippen LogP contribution in [0.1, 0.15) is 40.9 Å². The van der Waals surface area contributed by atoms with E-state index in [1.165, 1.54) is 0 Å². The summed E-state index contributed by atoms with van der Waals surface area (Å²) in [6.07, 6.45) is 0.0658. The SMILES string of the molecule is CCNC(=NCc1cccc(C(=O)NCCN(C)C)c1)NCCC(O)c1ccccc1.I. The van der Waals surface area contributed by atoms with Crippen LogP contribution in [-0.4, -0.2) is 62.1 Å². The Bertz CT molecular complexity index is 830. The number of hydrogen-bond acceptors (Lipinski definition) is 4. The lowest BCUT2D eigenvalue weighted by molar-refractivity contribution is 0.0951. The fraction of sp³-hybridized carbons (Fsp3) is 0.417. The summed E-state index contributed by atoms with van der Waals surface area (Å²) in [4.78, 5) is 19.0. The number of hydrogen-bond donors (Lipinski definition) is 4. The van der Waals surface area contributed by atoms with Crippen LogP contribution in [0.3, 0.4) is 0 Å². The third kappa shape index (κ3) is 10.4. The van der Waals surface area contributed by atoms with Crippen LogP contribution in [0.25, 0.3) is 0 Å². The average molecular weight is 553 g/mol. The van der Waals surface area contributed by atoms with Gasteiger partial charge in [-0.2, -0.15) is 0 Å². The number of aliphatic hydroxyl groups excluding tert-OH is 1. The van der Waals surface area contributed by atoms with Crippen molar-refractivity contribution in [3.05, 3.63) is 71.3 Å². The van der Waals surface area contributed by atoms with E-state index in [9.17, 15) is 9.90 Å². The number of aliphatic imine (C=N–C) groups is 1. The topological polar surface area (TPSA) is 89.0 Å². The maximum Gasteiger partial charge on any atom is 0.251 e. The molecule has 0 aliphatic heterocycles. The Morgan fingerprint density at radius 3 is 2.47 bits per heavy atom. The summed E-state index contributed by atoms with van der Waals surface area (Å²) in [6.45, 7) is 5.20. The Labute approximate surface area is 208 Å². The summed E-state index contributed by atoms with van der Waals surface area (Å²) in [5.41, 5.74) is 2.50. The molecule has 1 unspecified atom stereocenters. The first-order chi connectivity index (χ1) is 15.0. The number of benzene rings is 2. The summed E-state index contributed by atoms with van der Waals surface area (Å²) in [7, 11) is 3.95. The van der Waals surface area contributed by atoms with Gasteiger partial charge in [0.1, 0.15) is 0 Å². The first kappa shape index (κ1) is 27.9. The zero-order valence-electron chi connectivity index (χ0n) is 19.2. The van der Waals surface area contributed by atoms with E-state index in [1.54, 1.807) is 0 Å². The third-order valence-corrected chi connectivity index (χ3v) is 4.69. The van der Waals surface area contributed by atoms with Gasteiger partial charge in [-0.3, -0.25) is 4.79 Å². The highest BCUT2D eigenvalue weighted by Crippen LogP contribution is 2.14. The highest BCUT2D eigenvalue weighted by atomic mass is 127. The zero-order chi connectivity index (χ0) is 22.5. The molecule has 1 amide bonds. The minimum Gasteiger partial charge on any atom is -0.388 e. The first-order valence-electron chi connectivity index (χ1n) is 10.8. The van der Waals surface area contributed by atoms with Gasteiger partial charge in [-0.05, 0) is 50.7 Å². The zero-order valence-corrected chi connectivity index (χ0v) is 21.5. The van der Waals surface area contributed by atoms with Crippen LogP contribution >= 0.6 is 24.0 Å². The van der Waals surface area contributed by atoms with Crippen LogP contribution in [0.15, 0.2) is 59.6 Å². The lowest BCUT2D eigenvalue weighted by atomic mass is 10.1. The molecule has 2 rings (SSSR count). The Kier molecular flexibility index (Phi) is 13.6. The van der Waals surface area contributed by atoms with Gasteiger partial charge in [0.05, 0.1) is 12.6 Å². The van der Waals surface area contributed by atoms with Crippen molar-refractivity contribution in [2.45, 2.75) is 26.0 Å². The van der Waals surface area contributed by atoms with E-state index < -0.39 is 6.10 Å². The molecule has 0 saturated carbocycles. The number of carbonyl (C=O) groups is 1. The number of guanidine groups is 1.